The second-order valence-electron chi connectivity index (χ2n) is 8.17. The molecule has 1 amide bonds. The Morgan fingerprint density at radius 2 is 1.64 bits per heavy atom. The number of anilines is 1. The Labute approximate surface area is 220 Å². The monoisotopic (exact) mass is 523 g/mol. The summed E-state index contributed by atoms with van der Waals surface area (Å²) >= 11 is 12.3. The van der Waals surface area contributed by atoms with Crippen molar-refractivity contribution in [3.05, 3.63) is 100 Å². The van der Waals surface area contributed by atoms with Crippen LogP contribution in [0.1, 0.15) is 35.7 Å². The number of fused-ring (bicyclic) bond motifs is 1. The highest BCUT2D eigenvalue weighted by Gasteiger charge is 2.21. The standard InChI is InChI=1S/C29H27Cl2NO4/c1-2-3-15-35-27-17-24(29(33)32-26-14-13-21(30)16-25(26)31)28(23-12-8-7-11-22(23)27)36-19-34-18-20-9-5-4-6-10-20/h4-14,16-17H,2-3,15,18-19H2,1H3,(H,32,33). The van der Waals surface area contributed by atoms with Gasteiger partial charge >= 0.3 is 0 Å². The highest BCUT2D eigenvalue weighted by Crippen LogP contribution is 2.38. The Balaban J connectivity index is 1.65. The largest absolute Gasteiger partial charge is 0.493 e. The van der Waals surface area contributed by atoms with E-state index in [0.717, 1.165) is 29.2 Å². The molecule has 186 valence electrons. The number of unbranched alkanes of at least 4 members (excludes halogenated alkanes) is 1. The molecule has 0 heterocycles. The molecular formula is C29H27Cl2NO4. The minimum atomic E-state index is -0.386. The van der Waals surface area contributed by atoms with Gasteiger partial charge in [-0.1, -0.05) is 91.1 Å². The van der Waals surface area contributed by atoms with Crippen molar-refractivity contribution in [2.24, 2.45) is 0 Å². The zero-order valence-electron chi connectivity index (χ0n) is 19.9. The van der Waals surface area contributed by atoms with Gasteiger partial charge < -0.3 is 19.5 Å². The van der Waals surface area contributed by atoms with Crippen molar-refractivity contribution >= 4 is 45.6 Å². The number of amides is 1. The number of halogens is 2. The molecule has 1 N–H and O–H groups in total. The van der Waals surface area contributed by atoms with Crippen LogP contribution in [0.5, 0.6) is 11.5 Å². The summed E-state index contributed by atoms with van der Waals surface area (Å²) in [4.78, 5) is 13.5. The van der Waals surface area contributed by atoms with E-state index in [-0.39, 0.29) is 12.7 Å². The maximum absolute atomic E-state index is 13.5. The van der Waals surface area contributed by atoms with Crippen LogP contribution in [-0.2, 0) is 11.3 Å². The molecule has 0 atom stereocenters. The molecule has 0 aliphatic rings. The molecule has 0 saturated heterocycles. The predicted molar refractivity (Wildman–Crippen MR) is 145 cm³/mol. The van der Waals surface area contributed by atoms with Crippen LogP contribution in [0.25, 0.3) is 10.8 Å². The third-order valence-electron chi connectivity index (χ3n) is 5.53. The lowest BCUT2D eigenvalue weighted by molar-refractivity contribution is 0.00552. The van der Waals surface area contributed by atoms with Crippen molar-refractivity contribution in [1.29, 1.82) is 0 Å². The predicted octanol–water partition coefficient (Wildman–Crippen LogP) is 8.13. The first kappa shape index (κ1) is 25.8. The summed E-state index contributed by atoms with van der Waals surface area (Å²) in [5.41, 5.74) is 1.79. The second kappa shape index (κ2) is 12.6. The Bertz CT molecular complexity index is 1330. The van der Waals surface area contributed by atoms with Crippen molar-refractivity contribution < 1.29 is 19.0 Å². The molecule has 0 bridgehead atoms. The first-order valence-corrected chi connectivity index (χ1v) is 12.5. The number of benzene rings is 4. The van der Waals surface area contributed by atoms with Crippen LogP contribution in [0.4, 0.5) is 5.69 Å². The maximum atomic E-state index is 13.5. The third kappa shape index (κ3) is 6.49. The van der Waals surface area contributed by atoms with Gasteiger partial charge in [-0.2, -0.15) is 0 Å². The van der Waals surface area contributed by atoms with Gasteiger partial charge in [-0.3, -0.25) is 4.79 Å². The van der Waals surface area contributed by atoms with Gasteiger partial charge in [0.25, 0.3) is 5.91 Å². The van der Waals surface area contributed by atoms with Crippen molar-refractivity contribution in [2.45, 2.75) is 26.4 Å². The molecular weight excluding hydrogens is 497 g/mol. The lowest BCUT2D eigenvalue weighted by Gasteiger charge is -2.18. The molecule has 4 aromatic carbocycles. The van der Waals surface area contributed by atoms with E-state index < -0.39 is 0 Å². The molecule has 7 heteroatoms. The fraction of sp³-hybridized carbons (Fsp3) is 0.207. The summed E-state index contributed by atoms with van der Waals surface area (Å²) < 4.78 is 17.9. The number of nitrogens with one attached hydrogen (secondary N) is 1. The van der Waals surface area contributed by atoms with Gasteiger partial charge in [0, 0.05) is 15.8 Å². The van der Waals surface area contributed by atoms with E-state index >= 15 is 0 Å². The van der Waals surface area contributed by atoms with E-state index in [1.54, 1.807) is 24.3 Å². The molecule has 5 nitrogen and oxygen atoms in total. The first-order chi connectivity index (χ1) is 17.6. The van der Waals surface area contributed by atoms with Crippen LogP contribution in [0.15, 0.2) is 78.9 Å². The number of carbonyl (C=O) groups is 1. The van der Waals surface area contributed by atoms with E-state index in [9.17, 15) is 4.79 Å². The number of hydrogen-bond acceptors (Lipinski definition) is 4. The average molecular weight is 524 g/mol. The summed E-state index contributed by atoms with van der Waals surface area (Å²) in [5, 5.41) is 5.29. The normalized spacial score (nSPS) is 10.9. The average Bonchev–Trinajstić information content (AvgIpc) is 2.89. The maximum Gasteiger partial charge on any atom is 0.259 e. The molecule has 4 aromatic rings. The molecule has 0 saturated carbocycles. The van der Waals surface area contributed by atoms with E-state index in [4.69, 9.17) is 37.4 Å². The molecule has 0 aliphatic heterocycles. The molecule has 4 rings (SSSR count). The molecule has 0 unspecified atom stereocenters. The van der Waals surface area contributed by atoms with Crippen LogP contribution in [-0.4, -0.2) is 19.3 Å². The van der Waals surface area contributed by atoms with Crippen LogP contribution in [0.2, 0.25) is 10.0 Å². The van der Waals surface area contributed by atoms with Gasteiger partial charge in [-0.15, -0.1) is 0 Å². The summed E-state index contributed by atoms with van der Waals surface area (Å²) in [6.45, 7) is 3.00. The summed E-state index contributed by atoms with van der Waals surface area (Å²) in [5.74, 6) is 0.636. The van der Waals surface area contributed by atoms with Crippen LogP contribution >= 0.6 is 23.2 Å². The van der Waals surface area contributed by atoms with Gasteiger partial charge in [0.2, 0.25) is 0 Å². The fourth-order valence-corrected chi connectivity index (χ4v) is 4.16. The highest BCUT2D eigenvalue weighted by atomic mass is 35.5. The lowest BCUT2D eigenvalue weighted by Crippen LogP contribution is -2.16. The number of carbonyl (C=O) groups excluding carboxylic acids is 1. The third-order valence-corrected chi connectivity index (χ3v) is 6.08. The number of ether oxygens (including phenoxy) is 3. The topological polar surface area (TPSA) is 56.8 Å². The van der Waals surface area contributed by atoms with Crippen molar-refractivity contribution in [3.63, 3.8) is 0 Å². The molecule has 0 radical (unpaired) electrons. The summed E-state index contributed by atoms with van der Waals surface area (Å²) in [6, 6.07) is 24.1. The zero-order valence-corrected chi connectivity index (χ0v) is 21.4. The molecule has 0 aliphatic carbocycles. The fourth-order valence-electron chi connectivity index (χ4n) is 3.70. The molecule has 36 heavy (non-hydrogen) atoms. The van der Waals surface area contributed by atoms with Crippen LogP contribution in [0, 0.1) is 0 Å². The van der Waals surface area contributed by atoms with Gasteiger partial charge in [0.15, 0.2) is 6.79 Å². The highest BCUT2D eigenvalue weighted by molar-refractivity contribution is 6.36. The van der Waals surface area contributed by atoms with Crippen LogP contribution < -0.4 is 14.8 Å². The molecule has 0 fully saturated rings. The lowest BCUT2D eigenvalue weighted by atomic mass is 10.0. The van der Waals surface area contributed by atoms with Gasteiger partial charge in [-0.05, 0) is 36.2 Å². The van der Waals surface area contributed by atoms with E-state index in [2.05, 4.69) is 12.2 Å². The first-order valence-electron chi connectivity index (χ1n) is 11.8. The Morgan fingerprint density at radius 1 is 0.889 bits per heavy atom. The van der Waals surface area contributed by atoms with E-state index in [1.807, 2.05) is 54.6 Å². The number of hydrogen-bond donors (Lipinski definition) is 1. The van der Waals surface area contributed by atoms with E-state index in [1.165, 1.54) is 0 Å². The number of rotatable bonds is 11. The molecule has 0 aromatic heterocycles. The zero-order chi connectivity index (χ0) is 25.3. The molecule has 0 spiro atoms. The van der Waals surface area contributed by atoms with Gasteiger partial charge in [-0.25, -0.2) is 0 Å². The van der Waals surface area contributed by atoms with E-state index in [0.29, 0.717) is 46.0 Å². The minimum absolute atomic E-state index is 0.0308. The Kier molecular flexibility index (Phi) is 9.06. The SMILES string of the molecule is CCCCOc1cc(C(=O)Nc2ccc(Cl)cc2Cl)c(OCOCc2ccccc2)c2ccccc12. The van der Waals surface area contributed by atoms with Crippen LogP contribution in [0.3, 0.4) is 0 Å². The Hall–Kier alpha value is -3.25. The summed E-state index contributed by atoms with van der Waals surface area (Å²) in [7, 11) is 0. The van der Waals surface area contributed by atoms with Crippen molar-refractivity contribution in [1.82, 2.24) is 0 Å². The summed E-state index contributed by atoms with van der Waals surface area (Å²) in [6.07, 6.45) is 1.90. The van der Waals surface area contributed by atoms with Gasteiger partial charge in [0.1, 0.15) is 11.5 Å². The quantitative estimate of drug-likeness (QED) is 0.159. The smallest absolute Gasteiger partial charge is 0.259 e. The van der Waals surface area contributed by atoms with Crippen molar-refractivity contribution in [3.8, 4) is 11.5 Å². The minimum Gasteiger partial charge on any atom is -0.493 e. The van der Waals surface area contributed by atoms with Gasteiger partial charge in [0.05, 0.1) is 29.5 Å². The Morgan fingerprint density at radius 3 is 2.39 bits per heavy atom. The van der Waals surface area contributed by atoms with Crippen molar-refractivity contribution in [2.75, 3.05) is 18.7 Å². The second-order valence-corrected chi connectivity index (χ2v) is 9.02.